The highest BCUT2D eigenvalue weighted by molar-refractivity contribution is 5.88. The van der Waals surface area contributed by atoms with E-state index in [9.17, 15) is 9.59 Å². The lowest BCUT2D eigenvalue weighted by molar-refractivity contribution is -0.135. The van der Waals surface area contributed by atoms with Crippen LogP contribution in [0.5, 0.6) is 0 Å². The molecule has 0 saturated carbocycles. The molecule has 1 atom stereocenters. The minimum atomic E-state index is -0.637. The summed E-state index contributed by atoms with van der Waals surface area (Å²) in [6, 6.07) is 0. The van der Waals surface area contributed by atoms with E-state index in [1.54, 1.807) is 6.92 Å². The van der Waals surface area contributed by atoms with Crippen LogP contribution in [-0.4, -0.2) is 32.3 Å². The number of carbonyl (C=O) groups excluding carboxylic acids is 2. The summed E-state index contributed by atoms with van der Waals surface area (Å²) in [6.45, 7) is 1.62. The van der Waals surface area contributed by atoms with Crippen molar-refractivity contribution in [2.75, 3.05) is 14.2 Å². The van der Waals surface area contributed by atoms with Crippen molar-refractivity contribution in [2.24, 2.45) is 0 Å². The fourth-order valence-electron chi connectivity index (χ4n) is 0.526. The molecule has 82 valence electrons. The number of hydrogen-bond acceptors (Lipinski definition) is 5. The molecule has 0 aliphatic rings. The van der Waals surface area contributed by atoms with Gasteiger partial charge in [0.25, 0.3) is 0 Å². The van der Waals surface area contributed by atoms with Gasteiger partial charge in [0, 0.05) is 5.92 Å². The standard InChI is InChI=1S/C10H12O5/c1-8(4-5-9(11)13-2)15-7-6-10(12)14-3/h6-8H,1-3H3/b7-6+. The molecule has 0 bridgehead atoms. The molecule has 0 rings (SSSR count). The molecule has 0 heterocycles. The van der Waals surface area contributed by atoms with Gasteiger partial charge in [0.15, 0.2) is 6.10 Å². The molecular formula is C10H12O5. The van der Waals surface area contributed by atoms with Gasteiger partial charge in [-0.1, -0.05) is 0 Å². The lowest BCUT2D eigenvalue weighted by atomic mass is 10.4. The van der Waals surface area contributed by atoms with Crippen molar-refractivity contribution >= 4 is 11.9 Å². The number of rotatable bonds is 3. The third-order valence-electron chi connectivity index (χ3n) is 1.25. The van der Waals surface area contributed by atoms with Gasteiger partial charge >= 0.3 is 11.9 Å². The number of esters is 2. The summed E-state index contributed by atoms with van der Waals surface area (Å²) in [4.78, 5) is 21.2. The molecule has 1 unspecified atom stereocenters. The van der Waals surface area contributed by atoms with Crippen LogP contribution in [0, 0.1) is 11.8 Å². The zero-order valence-electron chi connectivity index (χ0n) is 8.77. The van der Waals surface area contributed by atoms with Crippen molar-refractivity contribution in [2.45, 2.75) is 13.0 Å². The van der Waals surface area contributed by atoms with Crippen molar-refractivity contribution < 1.29 is 23.8 Å². The van der Waals surface area contributed by atoms with Gasteiger partial charge in [-0.05, 0) is 12.8 Å². The second kappa shape index (κ2) is 7.44. The first-order valence-corrected chi connectivity index (χ1v) is 4.09. The summed E-state index contributed by atoms with van der Waals surface area (Å²) in [5.41, 5.74) is 0. The van der Waals surface area contributed by atoms with Gasteiger partial charge in [0.1, 0.15) is 0 Å². The highest BCUT2D eigenvalue weighted by Gasteiger charge is 1.96. The Balaban J connectivity index is 3.97. The molecule has 0 aliphatic heterocycles. The van der Waals surface area contributed by atoms with Crippen molar-refractivity contribution in [1.29, 1.82) is 0 Å². The Hall–Kier alpha value is -1.96. The molecule has 5 nitrogen and oxygen atoms in total. The summed E-state index contributed by atoms with van der Waals surface area (Å²) in [6.07, 6.45) is 1.75. The van der Waals surface area contributed by atoms with E-state index in [1.165, 1.54) is 14.2 Å². The van der Waals surface area contributed by atoms with E-state index in [0.29, 0.717) is 0 Å². The highest BCUT2D eigenvalue weighted by atomic mass is 16.5. The van der Waals surface area contributed by atoms with Crippen LogP contribution in [0.2, 0.25) is 0 Å². The predicted octanol–water partition coefficient (Wildman–Crippen LogP) is 0.255. The molecule has 0 aromatic heterocycles. The van der Waals surface area contributed by atoms with E-state index in [2.05, 4.69) is 21.3 Å². The maximum absolute atomic E-state index is 10.6. The van der Waals surface area contributed by atoms with E-state index in [4.69, 9.17) is 4.74 Å². The van der Waals surface area contributed by atoms with Gasteiger partial charge in [0.2, 0.25) is 0 Å². The van der Waals surface area contributed by atoms with E-state index in [0.717, 1.165) is 12.3 Å². The van der Waals surface area contributed by atoms with E-state index in [-0.39, 0.29) is 0 Å². The fourth-order valence-corrected chi connectivity index (χ4v) is 0.526. The fraction of sp³-hybridized carbons (Fsp3) is 0.400. The Bertz CT molecular complexity index is 308. The second-order valence-corrected chi connectivity index (χ2v) is 2.37. The Morgan fingerprint density at radius 1 is 1.27 bits per heavy atom. The quantitative estimate of drug-likeness (QED) is 0.221. The van der Waals surface area contributed by atoms with Crippen LogP contribution < -0.4 is 0 Å². The van der Waals surface area contributed by atoms with E-state index >= 15 is 0 Å². The third-order valence-corrected chi connectivity index (χ3v) is 1.25. The summed E-state index contributed by atoms with van der Waals surface area (Å²) < 4.78 is 13.6. The van der Waals surface area contributed by atoms with Gasteiger partial charge < -0.3 is 14.2 Å². The van der Waals surface area contributed by atoms with Crippen molar-refractivity contribution in [3.8, 4) is 11.8 Å². The van der Waals surface area contributed by atoms with Crippen molar-refractivity contribution in [1.82, 2.24) is 0 Å². The monoisotopic (exact) mass is 212 g/mol. The van der Waals surface area contributed by atoms with Crippen LogP contribution in [0.25, 0.3) is 0 Å². The lowest BCUT2D eigenvalue weighted by Crippen LogP contribution is -2.03. The molecule has 15 heavy (non-hydrogen) atoms. The van der Waals surface area contributed by atoms with Gasteiger partial charge in [0.05, 0.1) is 26.6 Å². The van der Waals surface area contributed by atoms with Crippen molar-refractivity contribution in [3.63, 3.8) is 0 Å². The largest absolute Gasteiger partial charge is 0.485 e. The van der Waals surface area contributed by atoms with Crippen LogP contribution in [0.15, 0.2) is 12.3 Å². The first kappa shape index (κ1) is 13.0. The molecule has 0 spiro atoms. The highest BCUT2D eigenvalue weighted by Crippen LogP contribution is 1.90. The van der Waals surface area contributed by atoms with Crippen LogP contribution in [0.3, 0.4) is 0 Å². The number of hydrogen-bond donors (Lipinski definition) is 0. The summed E-state index contributed by atoms with van der Waals surface area (Å²) >= 11 is 0. The summed E-state index contributed by atoms with van der Waals surface area (Å²) in [7, 11) is 2.49. The van der Waals surface area contributed by atoms with E-state index in [1.807, 2.05) is 0 Å². The summed E-state index contributed by atoms with van der Waals surface area (Å²) in [5, 5.41) is 0. The molecule has 0 aliphatic carbocycles. The number of methoxy groups -OCH3 is 2. The minimum absolute atomic E-state index is 0.509. The van der Waals surface area contributed by atoms with Gasteiger partial charge in [-0.3, -0.25) is 0 Å². The number of carbonyl (C=O) groups is 2. The van der Waals surface area contributed by atoms with Crippen LogP contribution in [0.1, 0.15) is 6.92 Å². The normalized spacial score (nSPS) is 11.1. The van der Waals surface area contributed by atoms with Crippen LogP contribution in [-0.2, 0) is 23.8 Å². The number of ether oxygens (including phenoxy) is 3. The first-order valence-electron chi connectivity index (χ1n) is 4.09. The third kappa shape index (κ3) is 7.14. The zero-order chi connectivity index (χ0) is 11.7. The molecule has 0 aromatic rings. The van der Waals surface area contributed by atoms with E-state index < -0.39 is 18.0 Å². The van der Waals surface area contributed by atoms with Gasteiger partial charge in [-0.15, -0.1) is 0 Å². The first-order chi connectivity index (χ1) is 7.10. The lowest BCUT2D eigenvalue weighted by Gasteiger charge is -2.01. The molecule has 0 fully saturated rings. The Morgan fingerprint density at radius 2 is 1.93 bits per heavy atom. The van der Waals surface area contributed by atoms with Crippen LogP contribution >= 0.6 is 0 Å². The molecule has 0 radical (unpaired) electrons. The second-order valence-electron chi connectivity index (χ2n) is 2.37. The molecule has 0 aromatic carbocycles. The average Bonchev–Trinajstić information content (AvgIpc) is 2.25. The smallest absolute Gasteiger partial charge is 0.384 e. The van der Waals surface area contributed by atoms with Gasteiger partial charge in [-0.2, -0.15) is 0 Å². The molecule has 5 heteroatoms. The Morgan fingerprint density at radius 3 is 2.47 bits per heavy atom. The minimum Gasteiger partial charge on any atom is -0.485 e. The zero-order valence-corrected chi connectivity index (χ0v) is 8.77. The Kier molecular flexibility index (Phi) is 6.47. The molecule has 0 saturated heterocycles. The van der Waals surface area contributed by atoms with Gasteiger partial charge in [-0.25, -0.2) is 9.59 Å². The van der Waals surface area contributed by atoms with Crippen molar-refractivity contribution in [3.05, 3.63) is 12.3 Å². The predicted molar refractivity (Wildman–Crippen MR) is 51.5 cm³/mol. The van der Waals surface area contributed by atoms with Crippen LogP contribution in [0.4, 0.5) is 0 Å². The summed E-state index contributed by atoms with van der Waals surface area (Å²) in [5.74, 6) is 3.51. The maximum Gasteiger partial charge on any atom is 0.384 e. The Labute approximate surface area is 88.0 Å². The molecule has 0 N–H and O–H groups in total. The molecule has 0 amide bonds. The topological polar surface area (TPSA) is 61.8 Å². The SMILES string of the molecule is COC(=O)C#CC(C)O/C=C/C(=O)OC. The maximum atomic E-state index is 10.6. The average molecular weight is 212 g/mol. The molecular weight excluding hydrogens is 200 g/mol.